The predicted molar refractivity (Wildman–Crippen MR) is 150 cm³/mol. The zero-order valence-electron chi connectivity index (χ0n) is 21.4. The minimum Gasteiger partial charge on any atom is -0.370 e. The van der Waals surface area contributed by atoms with Crippen molar-refractivity contribution in [1.29, 1.82) is 0 Å². The van der Waals surface area contributed by atoms with Crippen LogP contribution in [0, 0.1) is 20.8 Å². The molecule has 0 unspecified atom stereocenters. The molecule has 9 heteroatoms. The summed E-state index contributed by atoms with van der Waals surface area (Å²) in [5.41, 5.74) is 7.43. The number of aromatic nitrogens is 4. The molecule has 0 saturated carbocycles. The first-order valence-electron chi connectivity index (χ1n) is 12.2. The third-order valence-electron chi connectivity index (χ3n) is 7.45. The Morgan fingerprint density at radius 2 is 1.58 bits per heavy atom. The molecule has 0 atom stereocenters. The van der Waals surface area contributed by atoms with Gasteiger partial charge in [0.05, 0.1) is 33.7 Å². The highest BCUT2D eigenvalue weighted by Crippen LogP contribution is 2.35. The van der Waals surface area contributed by atoms with Crippen LogP contribution in [0.3, 0.4) is 0 Å². The maximum atomic E-state index is 13.4. The summed E-state index contributed by atoms with van der Waals surface area (Å²) >= 11 is 3.56. The van der Waals surface area contributed by atoms with E-state index in [0.29, 0.717) is 5.56 Å². The molecule has 2 aromatic heterocycles. The van der Waals surface area contributed by atoms with Crippen LogP contribution in [0.5, 0.6) is 0 Å². The van der Waals surface area contributed by atoms with E-state index in [-0.39, 0.29) is 11.2 Å². The van der Waals surface area contributed by atoms with Gasteiger partial charge in [-0.25, -0.2) is 9.48 Å². The Morgan fingerprint density at radius 3 is 2.28 bits per heavy atom. The lowest BCUT2D eigenvalue weighted by Gasteiger charge is -2.30. The van der Waals surface area contributed by atoms with E-state index in [2.05, 4.69) is 32.0 Å². The Balaban J connectivity index is 1.63. The number of nitrogens with zero attached hydrogens (tertiary/aromatic N) is 5. The maximum Gasteiger partial charge on any atom is 0.328 e. The number of aromatic amines is 1. The minimum atomic E-state index is -0.145. The fourth-order valence-electron chi connectivity index (χ4n) is 5.05. The molecule has 2 aromatic carbocycles. The van der Waals surface area contributed by atoms with Crippen molar-refractivity contribution in [3.05, 3.63) is 72.0 Å². The minimum absolute atomic E-state index is 0.0692. The lowest BCUT2D eigenvalue weighted by molar-refractivity contribution is 0.578. The molecule has 0 aliphatic carbocycles. The van der Waals surface area contributed by atoms with Crippen molar-refractivity contribution in [2.45, 2.75) is 40.0 Å². The van der Waals surface area contributed by atoms with Crippen LogP contribution in [0.4, 0.5) is 11.4 Å². The Hall–Kier alpha value is -3.33. The lowest BCUT2D eigenvalue weighted by Crippen LogP contribution is -2.29. The molecule has 1 saturated heterocycles. The van der Waals surface area contributed by atoms with Crippen molar-refractivity contribution in [3.8, 4) is 5.69 Å². The number of nitrogens with one attached hydrogen (secondary N) is 1. The van der Waals surface area contributed by atoms with Crippen LogP contribution in [0.1, 0.15) is 41.6 Å². The zero-order valence-corrected chi connectivity index (χ0v) is 22.9. The zero-order chi connectivity index (χ0) is 25.7. The highest BCUT2D eigenvalue weighted by Gasteiger charge is 2.19. The topological polar surface area (TPSA) is 80.3 Å². The summed E-state index contributed by atoms with van der Waals surface area (Å²) < 4.78 is 5.91. The normalized spacial score (nSPS) is 14.4. The first-order valence-corrected chi connectivity index (χ1v) is 13.0. The number of hydrogen-bond acceptors (Lipinski definition) is 4. The Kier molecular flexibility index (Phi) is 6.28. The molecule has 1 aliphatic rings. The SMILES string of the molecule is Cc1[nH]n(-c2ccc(Br)c(C)c2C)c(=O)c1C=Nc1cc2c(cc1N1CCCCC1)n(C)c(=O)n2C. The third-order valence-corrected chi connectivity index (χ3v) is 8.31. The molecular formula is C27H31BrN6O2. The number of piperidine rings is 1. The van der Waals surface area contributed by atoms with Gasteiger partial charge in [-0.1, -0.05) is 15.9 Å². The van der Waals surface area contributed by atoms with E-state index in [4.69, 9.17) is 4.99 Å². The first-order chi connectivity index (χ1) is 17.2. The van der Waals surface area contributed by atoms with Gasteiger partial charge in [0, 0.05) is 43.6 Å². The number of fused-ring (bicyclic) bond motifs is 1. The summed E-state index contributed by atoms with van der Waals surface area (Å²) in [6, 6.07) is 7.91. The van der Waals surface area contributed by atoms with Gasteiger partial charge >= 0.3 is 5.69 Å². The van der Waals surface area contributed by atoms with Crippen LogP contribution in [0.25, 0.3) is 16.7 Å². The van der Waals surface area contributed by atoms with Gasteiger partial charge in [0.1, 0.15) is 0 Å². The highest BCUT2D eigenvalue weighted by atomic mass is 79.9. The van der Waals surface area contributed by atoms with Gasteiger partial charge < -0.3 is 4.90 Å². The molecule has 4 aromatic rings. The monoisotopic (exact) mass is 550 g/mol. The number of H-pyrrole nitrogens is 1. The van der Waals surface area contributed by atoms with E-state index in [1.54, 1.807) is 34.1 Å². The number of benzene rings is 2. The van der Waals surface area contributed by atoms with Crippen molar-refractivity contribution < 1.29 is 0 Å². The fourth-order valence-corrected chi connectivity index (χ4v) is 5.48. The van der Waals surface area contributed by atoms with Gasteiger partial charge in [0.25, 0.3) is 5.56 Å². The van der Waals surface area contributed by atoms with Crippen LogP contribution in [-0.4, -0.2) is 38.2 Å². The maximum absolute atomic E-state index is 13.4. The first kappa shape index (κ1) is 24.4. The van der Waals surface area contributed by atoms with Crippen LogP contribution >= 0.6 is 15.9 Å². The van der Waals surface area contributed by atoms with Crippen molar-refractivity contribution in [1.82, 2.24) is 18.9 Å². The average molecular weight is 551 g/mol. The van der Waals surface area contributed by atoms with E-state index < -0.39 is 0 Å². The smallest absolute Gasteiger partial charge is 0.328 e. The molecule has 1 aliphatic heterocycles. The number of halogens is 1. The van der Waals surface area contributed by atoms with Gasteiger partial charge in [-0.2, -0.15) is 0 Å². The van der Waals surface area contributed by atoms with Crippen LogP contribution in [0.2, 0.25) is 0 Å². The van der Waals surface area contributed by atoms with Crippen LogP contribution in [-0.2, 0) is 14.1 Å². The second-order valence-corrected chi connectivity index (χ2v) is 10.5. The number of rotatable bonds is 4. The Labute approximate surface area is 218 Å². The summed E-state index contributed by atoms with van der Waals surface area (Å²) in [6.45, 7) is 7.83. The molecule has 188 valence electrons. The quantitative estimate of drug-likeness (QED) is 0.371. The molecule has 3 heterocycles. The Bertz CT molecular complexity index is 1630. The molecule has 0 spiro atoms. The molecular weight excluding hydrogens is 520 g/mol. The number of hydrogen-bond donors (Lipinski definition) is 1. The summed E-state index contributed by atoms with van der Waals surface area (Å²) in [7, 11) is 3.57. The number of anilines is 1. The average Bonchev–Trinajstić information content (AvgIpc) is 3.28. The van der Waals surface area contributed by atoms with Gasteiger partial charge in [-0.3, -0.25) is 24.0 Å². The second-order valence-electron chi connectivity index (χ2n) is 9.64. The van der Waals surface area contributed by atoms with E-state index in [1.807, 2.05) is 39.0 Å². The van der Waals surface area contributed by atoms with Crippen molar-refractivity contribution >= 4 is 44.6 Å². The molecule has 0 bridgehead atoms. The summed E-state index contributed by atoms with van der Waals surface area (Å²) in [5, 5.41) is 3.22. The van der Waals surface area contributed by atoms with Crippen LogP contribution in [0.15, 0.2) is 43.3 Å². The number of aryl methyl sites for hydroxylation is 3. The summed E-state index contributed by atoms with van der Waals surface area (Å²) in [4.78, 5) is 33.2. The van der Waals surface area contributed by atoms with Gasteiger partial charge in [-0.05, 0) is 75.4 Å². The third kappa shape index (κ3) is 3.95. The largest absolute Gasteiger partial charge is 0.370 e. The fraction of sp³-hybridized carbons (Fsp3) is 0.370. The van der Waals surface area contributed by atoms with E-state index in [9.17, 15) is 9.59 Å². The molecule has 36 heavy (non-hydrogen) atoms. The lowest BCUT2D eigenvalue weighted by atomic mass is 10.1. The Morgan fingerprint density at radius 1 is 0.917 bits per heavy atom. The molecule has 0 amide bonds. The molecule has 8 nitrogen and oxygen atoms in total. The van der Waals surface area contributed by atoms with Crippen LogP contribution < -0.4 is 16.1 Å². The highest BCUT2D eigenvalue weighted by molar-refractivity contribution is 9.10. The van der Waals surface area contributed by atoms with Gasteiger partial charge in [0.2, 0.25) is 0 Å². The van der Waals surface area contributed by atoms with E-state index in [1.165, 1.54) is 6.42 Å². The summed E-state index contributed by atoms with van der Waals surface area (Å²) in [6.07, 6.45) is 5.13. The molecule has 0 radical (unpaired) electrons. The van der Waals surface area contributed by atoms with E-state index >= 15 is 0 Å². The van der Waals surface area contributed by atoms with Crippen molar-refractivity contribution in [2.75, 3.05) is 18.0 Å². The predicted octanol–water partition coefficient (Wildman–Crippen LogP) is 4.78. The number of imidazole rings is 1. The molecule has 5 rings (SSSR count). The standard InChI is InChI=1S/C27H31BrN6O2/c1-16-17(2)22(10-9-20(16)28)34-26(35)19(18(3)30-34)15-29-21-13-24-25(32(5)27(36)31(24)4)14-23(21)33-11-7-6-8-12-33/h9-10,13-15,30H,6-8,11-12H2,1-5H3. The van der Waals surface area contributed by atoms with Gasteiger partial charge in [-0.15, -0.1) is 0 Å². The van der Waals surface area contributed by atoms with E-state index in [0.717, 1.165) is 75.3 Å². The van der Waals surface area contributed by atoms with Crippen molar-refractivity contribution in [3.63, 3.8) is 0 Å². The second kappa shape index (κ2) is 9.28. The molecule has 1 fully saturated rings. The van der Waals surface area contributed by atoms with Gasteiger partial charge in [0.15, 0.2) is 0 Å². The van der Waals surface area contributed by atoms with Crippen molar-refractivity contribution in [2.24, 2.45) is 19.1 Å². The summed E-state index contributed by atoms with van der Waals surface area (Å²) in [5.74, 6) is 0. The molecule has 1 N–H and O–H groups in total. The number of aliphatic imine (C=N–C) groups is 1.